The highest BCUT2D eigenvalue weighted by molar-refractivity contribution is 5.64. The molecule has 0 aliphatic carbocycles. The number of hydrogen-bond donors (Lipinski definition) is 1. The first-order valence-corrected chi connectivity index (χ1v) is 5.91. The van der Waals surface area contributed by atoms with E-state index in [9.17, 15) is 0 Å². The maximum absolute atomic E-state index is 5.91. The summed E-state index contributed by atoms with van der Waals surface area (Å²) >= 11 is 0. The zero-order valence-corrected chi connectivity index (χ0v) is 10.5. The average molecular weight is 230 g/mol. The van der Waals surface area contributed by atoms with E-state index in [1.807, 2.05) is 37.3 Å². The van der Waals surface area contributed by atoms with Crippen LogP contribution in [-0.4, -0.2) is 5.16 Å². The van der Waals surface area contributed by atoms with Crippen molar-refractivity contribution in [2.45, 2.75) is 32.7 Å². The first-order chi connectivity index (χ1) is 8.11. The fraction of sp³-hybridized carbons (Fsp3) is 0.357. The quantitative estimate of drug-likeness (QED) is 0.878. The van der Waals surface area contributed by atoms with Crippen molar-refractivity contribution in [2.24, 2.45) is 5.73 Å². The second kappa shape index (κ2) is 4.72. The lowest BCUT2D eigenvalue weighted by Crippen LogP contribution is -2.07. The van der Waals surface area contributed by atoms with Gasteiger partial charge in [0.1, 0.15) is 5.69 Å². The predicted octanol–water partition coefficient (Wildman–Crippen LogP) is 3.48. The second-order valence-electron chi connectivity index (χ2n) is 4.62. The molecule has 0 radical (unpaired) electrons. The lowest BCUT2D eigenvalue weighted by Gasteiger charge is -2.09. The molecule has 3 nitrogen and oxygen atoms in total. The molecule has 0 saturated carbocycles. The standard InChI is InChI=1S/C14H18N2O/c1-9(2)12-13(11-7-5-4-6-8-11)16-17-14(12)10(3)15/h4-10H,15H2,1-3H3. The van der Waals surface area contributed by atoms with Crippen LogP contribution in [0.25, 0.3) is 11.3 Å². The topological polar surface area (TPSA) is 52.0 Å². The second-order valence-corrected chi connectivity index (χ2v) is 4.62. The average Bonchev–Trinajstić information content (AvgIpc) is 2.74. The SMILES string of the molecule is CC(C)c1c(-c2ccccc2)noc1C(C)N. The van der Waals surface area contributed by atoms with E-state index in [-0.39, 0.29) is 6.04 Å². The molecule has 90 valence electrons. The van der Waals surface area contributed by atoms with Gasteiger partial charge < -0.3 is 10.3 Å². The first kappa shape index (κ1) is 11.9. The molecule has 2 rings (SSSR count). The van der Waals surface area contributed by atoms with Crippen molar-refractivity contribution in [1.82, 2.24) is 5.16 Å². The first-order valence-electron chi connectivity index (χ1n) is 5.91. The van der Waals surface area contributed by atoms with Crippen molar-refractivity contribution >= 4 is 0 Å². The summed E-state index contributed by atoms with van der Waals surface area (Å²) in [6, 6.07) is 9.94. The van der Waals surface area contributed by atoms with Gasteiger partial charge in [-0.25, -0.2) is 0 Å². The number of aromatic nitrogens is 1. The van der Waals surface area contributed by atoms with Gasteiger partial charge in [0.15, 0.2) is 5.76 Å². The van der Waals surface area contributed by atoms with Crippen LogP contribution in [0.3, 0.4) is 0 Å². The Morgan fingerprint density at radius 3 is 2.29 bits per heavy atom. The molecule has 1 heterocycles. The molecule has 0 spiro atoms. The van der Waals surface area contributed by atoms with Gasteiger partial charge >= 0.3 is 0 Å². The minimum absolute atomic E-state index is 0.127. The molecule has 1 aromatic carbocycles. The van der Waals surface area contributed by atoms with Crippen LogP contribution in [0.15, 0.2) is 34.9 Å². The van der Waals surface area contributed by atoms with Crippen LogP contribution in [-0.2, 0) is 0 Å². The Bertz CT molecular complexity index is 486. The minimum Gasteiger partial charge on any atom is -0.359 e. The Labute approximate surface area is 102 Å². The Kier molecular flexibility index (Phi) is 3.29. The molecule has 2 N–H and O–H groups in total. The van der Waals surface area contributed by atoms with E-state index in [4.69, 9.17) is 10.3 Å². The minimum atomic E-state index is -0.127. The molecular weight excluding hydrogens is 212 g/mol. The summed E-state index contributed by atoms with van der Waals surface area (Å²) in [4.78, 5) is 0. The zero-order valence-electron chi connectivity index (χ0n) is 10.5. The third kappa shape index (κ3) is 2.24. The molecule has 0 bridgehead atoms. The number of benzene rings is 1. The van der Waals surface area contributed by atoms with E-state index < -0.39 is 0 Å². The molecule has 1 atom stereocenters. The van der Waals surface area contributed by atoms with Crippen LogP contribution in [0, 0.1) is 0 Å². The molecule has 0 aliphatic heterocycles. The fourth-order valence-corrected chi connectivity index (χ4v) is 2.00. The van der Waals surface area contributed by atoms with E-state index in [0.717, 1.165) is 22.6 Å². The molecule has 1 aromatic heterocycles. The smallest absolute Gasteiger partial charge is 0.157 e. The van der Waals surface area contributed by atoms with Gasteiger partial charge in [0, 0.05) is 11.1 Å². The third-order valence-corrected chi connectivity index (χ3v) is 2.79. The number of nitrogens with zero attached hydrogens (tertiary/aromatic N) is 1. The van der Waals surface area contributed by atoms with E-state index in [1.54, 1.807) is 0 Å². The predicted molar refractivity (Wildman–Crippen MR) is 68.6 cm³/mol. The molecule has 17 heavy (non-hydrogen) atoms. The summed E-state index contributed by atoms with van der Waals surface area (Å²) in [5.74, 6) is 1.14. The molecule has 3 heteroatoms. The molecule has 2 aromatic rings. The van der Waals surface area contributed by atoms with Crippen LogP contribution in [0.5, 0.6) is 0 Å². The Balaban J connectivity index is 2.56. The van der Waals surface area contributed by atoms with Gasteiger partial charge in [-0.3, -0.25) is 0 Å². The van der Waals surface area contributed by atoms with Gasteiger partial charge in [0.25, 0.3) is 0 Å². The van der Waals surface area contributed by atoms with Crippen molar-refractivity contribution < 1.29 is 4.52 Å². The summed E-state index contributed by atoms with van der Waals surface area (Å²) in [5.41, 5.74) is 9.01. The summed E-state index contributed by atoms with van der Waals surface area (Å²) < 4.78 is 5.40. The maximum atomic E-state index is 5.91. The number of nitrogens with two attached hydrogens (primary N) is 1. The van der Waals surface area contributed by atoms with Crippen LogP contribution in [0.4, 0.5) is 0 Å². The highest BCUT2D eigenvalue weighted by atomic mass is 16.5. The van der Waals surface area contributed by atoms with E-state index in [1.165, 1.54) is 0 Å². The number of rotatable bonds is 3. The third-order valence-electron chi connectivity index (χ3n) is 2.79. The molecule has 0 fully saturated rings. The van der Waals surface area contributed by atoms with E-state index in [2.05, 4.69) is 19.0 Å². The van der Waals surface area contributed by atoms with E-state index in [0.29, 0.717) is 5.92 Å². The largest absolute Gasteiger partial charge is 0.359 e. The zero-order chi connectivity index (χ0) is 12.4. The molecule has 0 aliphatic rings. The van der Waals surface area contributed by atoms with Gasteiger partial charge in [0.05, 0.1) is 6.04 Å². The van der Waals surface area contributed by atoms with Gasteiger partial charge in [-0.2, -0.15) is 0 Å². The van der Waals surface area contributed by atoms with Crippen molar-refractivity contribution in [3.8, 4) is 11.3 Å². The molecular formula is C14H18N2O. The monoisotopic (exact) mass is 230 g/mol. The van der Waals surface area contributed by atoms with Crippen LogP contribution in [0.2, 0.25) is 0 Å². The maximum Gasteiger partial charge on any atom is 0.157 e. The highest BCUT2D eigenvalue weighted by Gasteiger charge is 2.22. The van der Waals surface area contributed by atoms with Crippen molar-refractivity contribution in [1.29, 1.82) is 0 Å². The summed E-state index contributed by atoms with van der Waals surface area (Å²) in [7, 11) is 0. The lowest BCUT2D eigenvalue weighted by molar-refractivity contribution is 0.366. The molecule has 0 saturated heterocycles. The van der Waals surface area contributed by atoms with Crippen LogP contribution in [0.1, 0.15) is 44.1 Å². The number of hydrogen-bond acceptors (Lipinski definition) is 3. The lowest BCUT2D eigenvalue weighted by atomic mass is 9.95. The Morgan fingerprint density at radius 2 is 1.76 bits per heavy atom. The summed E-state index contributed by atoms with van der Waals surface area (Å²) in [6.45, 7) is 6.18. The fourth-order valence-electron chi connectivity index (χ4n) is 2.00. The highest BCUT2D eigenvalue weighted by Crippen LogP contribution is 2.33. The summed E-state index contributed by atoms with van der Waals surface area (Å²) in [6.07, 6.45) is 0. The van der Waals surface area contributed by atoms with Gasteiger partial charge in [-0.1, -0.05) is 49.3 Å². The van der Waals surface area contributed by atoms with Gasteiger partial charge in [-0.05, 0) is 12.8 Å². The molecule has 1 unspecified atom stereocenters. The Morgan fingerprint density at radius 1 is 1.12 bits per heavy atom. The van der Waals surface area contributed by atoms with Crippen LogP contribution < -0.4 is 5.73 Å². The van der Waals surface area contributed by atoms with Gasteiger partial charge in [0.2, 0.25) is 0 Å². The van der Waals surface area contributed by atoms with E-state index >= 15 is 0 Å². The van der Waals surface area contributed by atoms with Gasteiger partial charge in [-0.15, -0.1) is 0 Å². The van der Waals surface area contributed by atoms with Crippen LogP contribution >= 0.6 is 0 Å². The van der Waals surface area contributed by atoms with Crippen molar-refractivity contribution in [3.63, 3.8) is 0 Å². The Hall–Kier alpha value is -1.61. The summed E-state index contributed by atoms with van der Waals surface area (Å²) in [5, 5.41) is 4.17. The molecule has 0 amide bonds. The normalized spacial score (nSPS) is 13.0. The van der Waals surface area contributed by atoms with Crippen molar-refractivity contribution in [3.05, 3.63) is 41.7 Å². The van der Waals surface area contributed by atoms with Crippen molar-refractivity contribution in [2.75, 3.05) is 0 Å².